The molecule has 1 aromatic rings. The lowest BCUT2D eigenvalue weighted by Gasteiger charge is -2.42. The summed E-state index contributed by atoms with van der Waals surface area (Å²) >= 11 is 0. The van der Waals surface area contributed by atoms with E-state index in [2.05, 4.69) is 53.7 Å². The fraction of sp³-hybridized carbons (Fsp3) is 0.684. The van der Waals surface area contributed by atoms with Crippen LogP contribution in [0.2, 0.25) is 0 Å². The Morgan fingerprint density at radius 2 is 1.57 bits per heavy atom. The number of rotatable bonds is 1. The summed E-state index contributed by atoms with van der Waals surface area (Å²) in [6.07, 6.45) is 2.48. The molecular formula is C19H28O2. The summed E-state index contributed by atoms with van der Waals surface area (Å²) in [5.74, 6) is 0. The average Bonchev–Trinajstić information content (AvgIpc) is 2.81. The Morgan fingerprint density at radius 3 is 2.10 bits per heavy atom. The second kappa shape index (κ2) is 4.82. The van der Waals surface area contributed by atoms with Crippen LogP contribution in [0.4, 0.5) is 0 Å². The molecular weight excluding hydrogens is 260 g/mol. The van der Waals surface area contributed by atoms with Crippen molar-refractivity contribution in [3.8, 4) is 0 Å². The normalized spacial score (nSPS) is 30.2. The zero-order chi connectivity index (χ0) is 15.4. The molecule has 3 rings (SSSR count). The van der Waals surface area contributed by atoms with Crippen LogP contribution in [0.5, 0.6) is 0 Å². The molecule has 2 aliphatic rings. The summed E-state index contributed by atoms with van der Waals surface area (Å²) in [6, 6.07) is 4.73. The van der Waals surface area contributed by atoms with E-state index in [1.165, 1.54) is 35.1 Å². The molecule has 0 bridgehead atoms. The quantitative estimate of drug-likeness (QED) is 0.740. The van der Waals surface area contributed by atoms with E-state index >= 15 is 0 Å². The van der Waals surface area contributed by atoms with Gasteiger partial charge in [0.05, 0.1) is 12.7 Å². The molecule has 116 valence electrons. The Bertz CT molecular complexity index is 557. The molecule has 1 saturated heterocycles. The van der Waals surface area contributed by atoms with Crippen LogP contribution < -0.4 is 0 Å². The monoisotopic (exact) mass is 288 g/mol. The van der Waals surface area contributed by atoms with E-state index in [4.69, 9.17) is 9.47 Å². The van der Waals surface area contributed by atoms with Crippen molar-refractivity contribution in [1.29, 1.82) is 0 Å². The lowest BCUT2D eigenvalue weighted by molar-refractivity contribution is -0.0577. The molecule has 1 fully saturated rings. The zero-order valence-electron chi connectivity index (χ0n) is 14.2. The number of hydrogen-bond donors (Lipinski definition) is 0. The van der Waals surface area contributed by atoms with Crippen LogP contribution in [0.25, 0.3) is 0 Å². The van der Waals surface area contributed by atoms with Gasteiger partial charge in [0.1, 0.15) is 0 Å². The molecule has 2 nitrogen and oxygen atoms in total. The van der Waals surface area contributed by atoms with Crippen molar-refractivity contribution in [2.24, 2.45) is 0 Å². The molecule has 1 aliphatic heterocycles. The van der Waals surface area contributed by atoms with Crippen LogP contribution in [0.1, 0.15) is 76.0 Å². The first-order valence-corrected chi connectivity index (χ1v) is 8.13. The number of hydrogen-bond acceptors (Lipinski definition) is 2. The standard InChI is InChI=1S/C19H28O2/c1-12-9-15-16(19(5,6)8-7-18(15,3)4)10-14(12)17-20-11-13(2)21-17/h9-10,13,17H,7-8,11H2,1-6H3/t13-,17-/m1/s1. The minimum atomic E-state index is -0.189. The van der Waals surface area contributed by atoms with Crippen LogP contribution in [-0.2, 0) is 20.3 Å². The van der Waals surface area contributed by atoms with Gasteiger partial charge in [-0.3, -0.25) is 0 Å². The van der Waals surface area contributed by atoms with Crippen molar-refractivity contribution in [2.75, 3.05) is 6.61 Å². The topological polar surface area (TPSA) is 18.5 Å². The molecule has 0 radical (unpaired) electrons. The summed E-state index contributed by atoms with van der Waals surface area (Å²) in [5.41, 5.74) is 5.98. The SMILES string of the molecule is Cc1cc2c(cc1[C@@H]1OC[C@@H](C)O1)C(C)(C)CCC2(C)C. The third-order valence-corrected chi connectivity index (χ3v) is 5.33. The second-order valence-electron chi connectivity index (χ2n) is 8.13. The predicted molar refractivity (Wildman–Crippen MR) is 85.7 cm³/mol. The maximum Gasteiger partial charge on any atom is 0.184 e. The van der Waals surface area contributed by atoms with Gasteiger partial charge in [0.2, 0.25) is 0 Å². The number of ether oxygens (including phenoxy) is 2. The van der Waals surface area contributed by atoms with Crippen LogP contribution in [-0.4, -0.2) is 12.7 Å². The minimum absolute atomic E-state index is 0.189. The van der Waals surface area contributed by atoms with E-state index in [-0.39, 0.29) is 23.2 Å². The summed E-state index contributed by atoms with van der Waals surface area (Å²) in [4.78, 5) is 0. The first kappa shape index (κ1) is 15.1. The molecule has 0 saturated carbocycles. The van der Waals surface area contributed by atoms with Gasteiger partial charge >= 0.3 is 0 Å². The van der Waals surface area contributed by atoms with E-state index in [0.29, 0.717) is 6.61 Å². The molecule has 0 unspecified atom stereocenters. The molecule has 1 heterocycles. The van der Waals surface area contributed by atoms with E-state index in [0.717, 1.165) is 0 Å². The Kier molecular flexibility index (Phi) is 3.46. The smallest absolute Gasteiger partial charge is 0.184 e. The number of aryl methyl sites for hydroxylation is 1. The van der Waals surface area contributed by atoms with E-state index < -0.39 is 0 Å². The average molecular weight is 288 g/mol. The second-order valence-corrected chi connectivity index (χ2v) is 8.13. The summed E-state index contributed by atoms with van der Waals surface area (Å²) in [5, 5.41) is 0. The highest BCUT2D eigenvalue weighted by molar-refractivity contribution is 5.47. The largest absolute Gasteiger partial charge is 0.346 e. The Hall–Kier alpha value is -0.860. The first-order valence-electron chi connectivity index (χ1n) is 8.13. The molecule has 0 spiro atoms. The van der Waals surface area contributed by atoms with Crippen LogP contribution in [0.15, 0.2) is 12.1 Å². The van der Waals surface area contributed by atoms with E-state index in [1.807, 2.05) is 0 Å². The third-order valence-electron chi connectivity index (χ3n) is 5.33. The van der Waals surface area contributed by atoms with Crippen LogP contribution >= 0.6 is 0 Å². The van der Waals surface area contributed by atoms with Gasteiger partial charge in [0.15, 0.2) is 6.29 Å². The van der Waals surface area contributed by atoms with Gasteiger partial charge in [-0.05, 0) is 60.3 Å². The summed E-state index contributed by atoms with van der Waals surface area (Å²) in [6.45, 7) is 14.4. The fourth-order valence-corrected chi connectivity index (χ4v) is 3.67. The summed E-state index contributed by atoms with van der Waals surface area (Å²) < 4.78 is 11.7. The lowest BCUT2D eigenvalue weighted by Crippen LogP contribution is -2.34. The van der Waals surface area contributed by atoms with Crippen LogP contribution in [0.3, 0.4) is 0 Å². The third kappa shape index (κ3) is 2.53. The molecule has 1 aromatic carbocycles. The maximum atomic E-state index is 5.92. The molecule has 2 heteroatoms. The van der Waals surface area contributed by atoms with Crippen molar-refractivity contribution in [1.82, 2.24) is 0 Å². The Labute approximate surface area is 128 Å². The Morgan fingerprint density at radius 1 is 1.00 bits per heavy atom. The van der Waals surface area contributed by atoms with Gasteiger partial charge < -0.3 is 9.47 Å². The molecule has 1 aliphatic carbocycles. The predicted octanol–water partition coefficient (Wildman–Crippen LogP) is 4.78. The van der Waals surface area contributed by atoms with Crippen molar-refractivity contribution in [3.63, 3.8) is 0 Å². The van der Waals surface area contributed by atoms with Gasteiger partial charge in [-0.25, -0.2) is 0 Å². The van der Waals surface area contributed by atoms with Gasteiger partial charge in [-0.15, -0.1) is 0 Å². The molecule has 0 amide bonds. The van der Waals surface area contributed by atoms with Crippen molar-refractivity contribution in [2.45, 2.75) is 77.6 Å². The summed E-state index contributed by atoms with van der Waals surface area (Å²) in [7, 11) is 0. The molecule has 0 aromatic heterocycles. The van der Waals surface area contributed by atoms with Crippen molar-refractivity contribution < 1.29 is 9.47 Å². The highest BCUT2D eigenvalue weighted by atomic mass is 16.7. The van der Waals surface area contributed by atoms with E-state index in [9.17, 15) is 0 Å². The number of fused-ring (bicyclic) bond motifs is 1. The zero-order valence-corrected chi connectivity index (χ0v) is 14.2. The lowest BCUT2D eigenvalue weighted by atomic mass is 9.62. The first-order chi connectivity index (χ1) is 9.71. The van der Waals surface area contributed by atoms with Gasteiger partial charge in [0, 0.05) is 5.56 Å². The van der Waals surface area contributed by atoms with E-state index in [1.54, 1.807) is 0 Å². The van der Waals surface area contributed by atoms with Crippen molar-refractivity contribution in [3.05, 3.63) is 34.4 Å². The van der Waals surface area contributed by atoms with Gasteiger partial charge in [-0.2, -0.15) is 0 Å². The fourth-order valence-electron chi connectivity index (χ4n) is 3.67. The number of benzene rings is 1. The molecule has 21 heavy (non-hydrogen) atoms. The van der Waals surface area contributed by atoms with Gasteiger partial charge in [0.25, 0.3) is 0 Å². The minimum Gasteiger partial charge on any atom is -0.346 e. The highest BCUT2D eigenvalue weighted by Gasteiger charge is 2.38. The highest BCUT2D eigenvalue weighted by Crippen LogP contribution is 2.47. The molecule has 0 N–H and O–H groups in total. The van der Waals surface area contributed by atoms with Crippen molar-refractivity contribution >= 4 is 0 Å². The molecule has 2 atom stereocenters. The van der Waals surface area contributed by atoms with Crippen LogP contribution in [0, 0.1) is 6.92 Å². The van der Waals surface area contributed by atoms with Gasteiger partial charge in [-0.1, -0.05) is 33.8 Å². The Balaban J connectivity index is 2.10. The maximum absolute atomic E-state index is 5.92.